The molecule has 0 bridgehead atoms. The van der Waals surface area contributed by atoms with Crippen LogP contribution in [0.25, 0.3) is 0 Å². The normalized spacial score (nSPS) is 10.5. The molecule has 0 spiro atoms. The van der Waals surface area contributed by atoms with E-state index in [9.17, 15) is 9.59 Å². The van der Waals surface area contributed by atoms with E-state index in [1.54, 1.807) is 41.1 Å². The van der Waals surface area contributed by atoms with E-state index >= 15 is 0 Å². The number of hydrogen-bond acceptors (Lipinski definition) is 3. The van der Waals surface area contributed by atoms with Crippen molar-refractivity contribution < 1.29 is 9.59 Å². The standard InChI is InChI=1S/C21H21N3O2/c1-3-24-13-12-17(23-24)14-22-21(26)19-7-5-4-6-18(19)20(25)16-10-8-15(2)9-11-16/h4-13H,3,14H2,1-2H3,(H,22,26). The van der Waals surface area contributed by atoms with Crippen LogP contribution in [0.4, 0.5) is 0 Å². The van der Waals surface area contributed by atoms with Gasteiger partial charge >= 0.3 is 0 Å². The van der Waals surface area contributed by atoms with E-state index < -0.39 is 0 Å². The zero-order valence-electron chi connectivity index (χ0n) is 14.9. The second kappa shape index (κ2) is 7.78. The molecule has 0 fully saturated rings. The molecule has 1 heterocycles. The number of ketones is 1. The topological polar surface area (TPSA) is 64.0 Å². The predicted octanol–water partition coefficient (Wildman–Crippen LogP) is 3.37. The summed E-state index contributed by atoms with van der Waals surface area (Å²) in [5.74, 6) is -0.446. The Hall–Kier alpha value is -3.21. The third-order valence-electron chi connectivity index (χ3n) is 4.18. The molecular formula is C21H21N3O2. The molecule has 3 rings (SSSR count). The third kappa shape index (κ3) is 3.88. The zero-order valence-corrected chi connectivity index (χ0v) is 14.9. The Kier molecular flexibility index (Phi) is 5.27. The molecular weight excluding hydrogens is 326 g/mol. The molecule has 0 radical (unpaired) electrons. The molecule has 1 aromatic heterocycles. The van der Waals surface area contributed by atoms with E-state index in [1.807, 2.05) is 38.2 Å². The second-order valence-corrected chi connectivity index (χ2v) is 6.09. The van der Waals surface area contributed by atoms with Gasteiger partial charge in [-0.1, -0.05) is 48.0 Å². The molecule has 5 heteroatoms. The Labute approximate surface area is 152 Å². The Balaban J connectivity index is 1.78. The van der Waals surface area contributed by atoms with E-state index in [1.165, 1.54) is 0 Å². The van der Waals surface area contributed by atoms with Gasteiger partial charge in [0.2, 0.25) is 0 Å². The molecule has 0 saturated heterocycles. The number of benzene rings is 2. The van der Waals surface area contributed by atoms with E-state index in [4.69, 9.17) is 0 Å². The molecule has 5 nitrogen and oxygen atoms in total. The zero-order chi connectivity index (χ0) is 18.5. The van der Waals surface area contributed by atoms with Gasteiger partial charge in [0, 0.05) is 23.9 Å². The van der Waals surface area contributed by atoms with Crippen molar-refractivity contribution in [3.05, 3.63) is 88.7 Å². The molecule has 0 saturated carbocycles. The Morgan fingerprint density at radius 2 is 1.69 bits per heavy atom. The van der Waals surface area contributed by atoms with Crippen molar-refractivity contribution in [3.63, 3.8) is 0 Å². The van der Waals surface area contributed by atoms with Gasteiger partial charge in [-0.25, -0.2) is 0 Å². The number of amides is 1. The summed E-state index contributed by atoms with van der Waals surface area (Å²) in [5, 5.41) is 7.18. The monoisotopic (exact) mass is 347 g/mol. The highest BCUT2D eigenvalue weighted by atomic mass is 16.2. The van der Waals surface area contributed by atoms with Crippen molar-refractivity contribution in [2.75, 3.05) is 0 Å². The second-order valence-electron chi connectivity index (χ2n) is 6.09. The first-order chi connectivity index (χ1) is 12.6. The summed E-state index contributed by atoms with van der Waals surface area (Å²) in [6, 6.07) is 16.1. The lowest BCUT2D eigenvalue weighted by molar-refractivity contribution is 0.0939. The fraction of sp³-hybridized carbons (Fsp3) is 0.190. The molecule has 0 aliphatic rings. The summed E-state index contributed by atoms with van der Waals surface area (Å²) in [7, 11) is 0. The van der Waals surface area contributed by atoms with Crippen molar-refractivity contribution in [3.8, 4) is 0 Å². The van der Waals surface area contributed by atoms with Gasteiger partial charge in [0.05, 0.1) is 17.8 Å². The maximum atomic E-state index is 12.8. The van der Waals surface area contributed by atoms with Crippen LogP contribution in [-0.4, -0.2) is 21.5 Å². The van der Waals surface area contributed by atoms with Crippen LogP contribution < -0.4 is 5.32 Å². The van der Waals surface area contributed by atoms with Gasteiger partial charge in [-0.3, -0.25) is 14.3 Å². The van der Waals surface area contributed by atoms with Gasteiger partial charge in [0.25, 0.3) is 5.91 Å². The number of aromatic nitrogens is 2. The van der Waals surface area contributed by atoms with Crippen LogP contribution in [0.1, 0.15) is 44.5 Å². The number of nitrogens with one attached hydrogen (secondary N) is 1. The molecule has 3 aromatic rings. The minimum absolute atomic E-state index is 0.161. The number of aryl methyl sites for hydroxylation is 2. The average molecular weight is 347 g/mol. The van der Waals surface area contributed by atoms with Crippen LogP contribution in [0.5, 0.6) is 0 Å². The fourth-order valence-corrected chi connectivity index (χ4v) is 2.68. The number of carbonyl (C=O) groups excluding carboxylic acids is 2. The highest BCUT2D eigenvalue weighted by molar-refractivity contribution is 6.15. The summed E-state index contributed by atoms with van der Waals surface area (Å²) in [6.07, 6.45) is 1.87. The SMILES string of the molecule is CCn1ccc(CNC(=O)c2ccccc2C(=O)c2ccc(C)cc2)n1. The van der Waals surface area contributed by atoms with E-state index in [0.717, 1.165) is 17.8 Å². The molecule has 0 atom stereocenters. The summed E-state index contributed by atoms with van der Waals surface area (Å²) in [6.45, 7) is 5.07. The summed E-state index contributed by atoms with van der Waals surface area (Å²) in [4.78, 5) is 25.4. The first kappa shape index (κ1) is 17.6. The predicted molar refractivity (Wildman–Crippen MR) is 100 cm³/mol. The Bertz CT molecular complexity index is 926. The molecule has 2 aromatic carbocycles. The van der Waals surface area contributed by atoms with Crippen molar-refractivity contribution in [1.29, 1.82) is 0 Å². The van der Waals surface area contributed by atoms with Crippen LogP contribution in [0.15, 0.2) is 60.8 Å². The Morgan fingerprint density at radius 1 is 1.00 bits per heavy atom. The maximum absolute atomic E-state index is 12.8. The number of rotatable bonds is 6. The summed E-state index contributed by atoms with van der Waals surface area (Å²) >= 11 is 0. The minimum atomic E-state index is -0.285. The van der Waals surface area contributed by atoms with Crippen molar-refractivity contribution in [2.45, 2.75) is 26.9 Å². The summed E-state index contributed by atoms with van der Waals surface area (Å²) in [5.41, 5.74) is 3.19. The van der Waals surface area contributed by atoms with Crippen LogP contribution in [0.3, 0.4) is 0 Å². The van der Waals surface area contributed by atoms with Gasteiger partial charge in [-0.15, -0.1) is 0 Å². The maximum Gasteiger partial charge on any atom is 0.252 e. The van der Waals surface area contributed by atoms with Crippen molar-refractivity contribution in [2.24, 2.45) is 0 Å². The lowest BCUT2D eigenvalue weighted by Gasteiger charge is -2.09. The minimum Gasteiger partial charge on any atom is -0.346 e. The van der Waals surface area contributed by atoms with E-state index in [-0.39, 0.29) is 11.7 Å². The van der Waals surface area contributed by atoms with Gasteiger partial charge < -0.3 is 5.32 Å². The number of hydrogen-bond donors (Lipinski definition) is 1. The lowest BCUT2D eigenvalue weighted by Crippen LogP contribution is -2.25. The lowest BCUT2D eigenvalue weighted by atomic mass is 9.97. The summed E-state index contributed by atoms with van der Waals surface area (Å²) < 4.78 is 1.80. The molecule has 132 valence electrons. The van der Waals surface area contributed by atoms with Crippen molar-refractivity contribution >= 4 is 11.7 Å². The van der Waals surface area contributed by atoms with Crippen LogP contribution in [-0.2, 0) is 13.1 Å². The molecule has 0 aliphatic heterocycles. The number of nitrogens with zero attached hydrogens (tertiary/aromatic N) is 2. The quantitative estimate of drug-likeness (QED) is 0.695. The molecule has 1 N–H and O–H groups in total. The van der Waals surface area contributed by atoms with Gasteiger partial charge in [0.1, 0.15) is 0 Å². The van der Waals surface area contributed by atoms with Crippen LogP contribution in [0, 0.1) is 6.92 Å². The van der Waals surface area contributed by atoms with E-state index in [2.05, 4.69) is 10.4 Å². The van der Waals surface area contributed by atoms with Gasteiger partial charge in [-0.05, 0) is 26.0 Å². The van der Waals surface area contributed by atoms with E-state index in [0.29, 0.717) is 23.2 Å². The van der Waals surface area contributed by atoms with Crippen LogP contribution >= 0.6 is 0 Å². The van der Waals surface area contributed by atoms with Crippen molar-refractivity contribution in [1.82, 2.24) is 15.1 Å². The fourth-order valence-electron chi connectivity index (χ4n) is 2.68. The van der Waals surface area contributed by atoms with Gasteiger partial charge in [0.15, 0.2) is 5.78 Å². The van der Waals surface area contributed by atoms with Crippen LogP contribution in [0.2, 0.25) is 0 Å². The highest BCUT2D eigenvalue weighted by Gasteiger charge is 2.18. The molecule has 1 amide bonds. The Morgan fingerprint density at radius 3 is 2.35 bits per heavy atom. The largest absolute Gasteiger partial charge is 0.346 e. The first-order valence-corrected chi connectivity index (χ1v) is 8.59. The first-order valence-electron chi connectivity index (χ1n) is 8.59. The number of carbonyl (C=O) groups is 2. The molecule has 26 heavy (non-hydrogen) atoms. The van der Waals surface area contributed by atoms with Gasteiger partial charge in [-0.2, -0.15) is 5.10 Å². The molecule has 0 unspecified atom stereocenters. The average Bonchev–Trinajstić information content (AvgIpc) is 3.14. The highest BCUT2D eigenvalue weighted by Crippen LogP contribution is 2.15. The molecule has 0 aliphatic carbocycles. The smallest absolute Gasteiger partial charge is 0.252 e. The third-order valence-corrected chi connectivity index (χ3v) is 4.18.